The molecule has 0 heterocycles. The number of esters is 2. The molecule has 0 rings (SSSR count). The molecule has 2 atom stereocenters. The van der Waals surface area contributed by atoms with Crippen LogP contribution in [-0.4, -0.2) is 70.0 Å². The maximum Gasteiger partial charge on any atom is 0.306 e. The zero-order valence-corrected chi connectivity index (χ0v) is 35.4. The Labute approximate surface area is 320 Å². The van der Waals surface area contributed by atoms with Gasteiger partial charge in [-0.05, 0) is 38.5 Å². The van der Waals surface area contributed by atoms with Crippen molar-refractivity contribution in [3.05, 3.63) is 12.2 Å². The second-order valence-electron chi connectivity index (χ2n) is 15.7. The number of carbonyl (C=O) groups excluding carboxylic acids is 2. The quantitative estimate of drug-likeness (QED) is 0.0200. The smallest absolute Gasteiger partial charge is 0.306 e. The lowest BCUT2D eigenvalue weighted by atomic mass is 10.0. The molecule has 0 aliphatic carbocycles. The summed E-state index contributed by atoms with van der Waals surface area (Å²) in [5, 5.41) is 0. The number of ether oxygens (including phenoxy) is 2. The number of hydrogen-bond donors (Lipinski definition) is 0. The molecule has 0 aromatic heterocycles. The average molecular weight is 760 g/mol. The molecule has 0 saturated heterocycles. The van der Waals surface area contributed by atoms with Gasteiger partial charge in [0, 0.05) is 12.8 Å². The van der Waals surface area contributed by atoms with Crippen molar-refractivity contribution in [2.24, 2.45) is 0 Å². The number of unbranched alkanes of at least 4 members (excludes halogenated alkanes) is 23. The maximum absolute atomic E-state index is 12.6. The Balaban J connectivity index is 4.36. The van der Waals surface area contributed by atoms with Gasteiger partial charge in [-0.2, -0.15) is 0 Å². The summed E-state index contributed by atoms with van der Waals surface area (Å²) in [5.74, 6) is -0.837. The summed E-state index contributed by atoms with van der Waals surface area (Å²) >= 11 is 0. The predicted octanol–water partition coefficient (Wildman–Crippen LogP) is 11.2. The van der Waals surface area contributed by atoms with Crippen molar-refractivity contribution in [2.75, 3.05) is 47.5 Å². The van der Waals surface area contributed by atoms with E-state index in [4.69, 9.17) is 18.5 Å². The first-order valence-electron chi connectivity index (χ1n) is 21.4. The standard InChI is InChI=1S/C42H82NO8P/c1-6-8-10-12-14-16-18-20-21-23-24-26-28-30-32-34-41(44)48-38-40(39-50-52(46,47)49-37-36-43(3,4)5)51-42(45)35-33-31-29-27-25-22-19-17-15-13-11-9-7-2/h17,19,40H,6-16,18,20-39H2,1-5H3/b19-17+/t40-/m1/s1. The van der Waals surface area contributed by atoms with E-state index in [1.165, 1.54) is 109 Å². The Hall–Kier alpha value is -1.25. The van der Waals surface area contributed by atoms with Gasteiger partial charge in [0.25, 0.3) is 7.82 Å². The van der Waals surface area contributed by atoms with E-state index >= 15 is 0 Å². The molecule has 0 spiro atoms. The van der Waals surface area contributed by atoms with Crippen molar-refractivity contribution < 1.29 is 42.1 Å². The number of phosphoric acid groups is 1. The monoisotopic (exact) mass is 760 g/mol. The lowest BCUT2D eigenvalue weighted by Gasteiger charge is -2.28. The molecule has 52 heavy (non-hydrogen) atoms. The predicted molar refractivity (Wildman–Crippen MR) is 213 cm³/mol. The fourth-order valence-corrected chi connectivity index (χ4v) is 6.61. The van der Waals surface area contributed by atoms with Gasteiger partial charge in [-0.25, -0.2) is 0 Å². The molecule has 0 amide bonds. The van der Waals surface area contributed by atoms with E-state index in [9.17, 15) is 19.0 Å². The van der Waals surface area contributed by atoms with Gasteiger partial charge in [0.2, 0.25) is 0 Å². The lowest BCUT2D eigenvalue weighted by Crippen LogP contribution is -2.37. The van der Waals surface area contributed by atoms with Crippen molar-refractivity contribution >= 4 is 19.8 Å². The topological polar surface area (TPSA) is 111 Å². The first-order chi connectivity index (χ1) is 25.0. The van der Waals surface area contributed by atoms with E-state index in [1.807, 2.05) is 21.1 Å². The van der Waals surface area contributed by atoms with Crippen molar-refractivity contribution in [3.8, 4) is 0 Å². The van der Waals surface area contributed by atoms with Gasteiger partial charge in [-0.3, -0.25) is 14.2 Å². The van der Waals surface area contributed by atoms with Gasteiger partial charge < -0.3 is 27.9 Å². The number of phosphoric ester groups is 1. The maximum atomic E-state index is 12.6. The van der Waals surface area contributed by atoms with Gasteiger partial charge in [-0.15, -0.1) is 0 Å². The van der Waals surface area contributed by atoms with E-state index in [0.717, 1.165) is 51.4 Å². The molecule has 308 valence electrons. The fraction of sp³-hybridized carbons (Fsp3) is 0.905. The second-order valence-corrected chi connectivity index (χ2v) is 17.1. The molecule has 0 N–H and O–H groups in total. The summed E-state index contributed by atoms with van der Waals surface area (Å²) < 4.78 is 33.8. The van der Waals surface area contributed by atoms with Crippen LogP contribution in [0.5, 0.6) is 0 Å². The minimum atomic E-state index is -4.62. The molecule has 0 fully saturated rings. The third-order valence-corrected chi connectivity index (χ3v) is 10.2. The molecule has 0 aliphatic heterocycles. The van der Waals surface area contributed by atoms with E-state index in [1.54, 1.807) is 0 Å². The second kappa shape index (κ2) is 35.5. The number of carbonyl (C=O) groups is 2. The van der Waals surface area contributed by atoms with Crippen LogP contribution in [0.1, 0.15) is 194 Å². The molecular formula is C42H82NO8P. The Morgan fingerprint density at radius 2 is 0.981 bits per heavy atom. The molecule has 0 aliphatic rings. The molecule has 0 aromatic carbocycles. The summed E-state index contributed by atoms with van der Waals surface area (Å²) in [4.78, 5) is 37.4. The van der Waals surface area contributed by atoms with E-state index < -0.39 is 26.5 Å². The van der Waals surface area contributed by atoms with Crippen LogP contribution in [0.4, 0.5) is 0 Å². The first kappa shape index (κ1) is 50.8. The van der Waals surface area contributed by atoms with Gasteiger partial charge in [-0.1, -0.05) is 154 Å². The highest BCUT2D eigenvalue weighted by atomic mass is 31.2. The highest BCUT2D eigenvalue weighted by Crippen LogP contribution is 2.38. The summed E-state index contributed by atoms with van der Waals surface area (Å²) in [5.41, 5.74) is 0. The van der Waals surface area contributed by atoms with Gasteiger partial charge in [0.1, 0.15) is 19.8 Å². The molecule has 9 nitrogen and oxygen atoms in total. The number of rotatable bonds is 39. The number of allylic oxidation sites excluding steroid dienone is 2. The normalized spacial score (nSPS) is 13.7. The van der Waals surface area contributed by atoms with Crippen molar-refractivity contribution in [1.29, 1.82) is 0 Å². The average Bonchev–Trinajstić information content (AvgIpc) is 3.09. The number of hydrogen-bond acceptors (Lipinski definition) is 8. The minimum Gasteiger partial charge on any atom is -0.756 e. The van der Waals surface area contributed by atoms with Crippen LogP contribution < -0.4 is 4.89 Å². The number of nitrogens with zero attached hydrogens (tertiary/aromatic N) is 1. The van der Waals surface area contributed by atoms with Crippen LogP contribution in [0.25, 0.3) is 0 Å². The number of quaternary nitrogens is 1. The fourth-order valence-electron chi connectivity index (χ4n) is 5.88. The third kappa shape index (κ3) is 38.5. The molecule has 0 bridgehead atoms. The molecule has 0 radical (unpaired) electrons. The Morgan fingerprint density at radius 1 is 0.577 bits per heavy atom. The van der Waals surface area contributed by atoms with E-state index in [-0.39, 0.29) is 32.0 Å². The van der Waals surface area contributed by atoms with Crippen molar-refractivity contribution in [3.63, 3.8) is 0 Å². The van der Waals surface area contributed by atoms with E-state index in [0.29, 0.717) is 17.4 Å². The molecule has 0 saturated carbocycles. The summed E-state index contributed by atoms with van der Waals surface area (Å²) in [6.07, 6.45) is 35.2. The first-order valence-corrected chi connectivity index (χ1v) is 22.9. The number of likely N-dealkylation sites (N-methyl/N-ethyl adjacent to an activating group) is 1. The van der Waals surface area contributed by atoms with Crippen LogP contribution in [0, 0.1) is 0 Å². The SMILES string of the molecule is CCCCCC/C=C/CCCCCCCC(=O)O[C@H](COC(=O)CCCCCCCCCCCCCCCCC)COP(=O)([O-])OCC[N+](C)(C)C. The lowest BCUT2D eigenvalue weighted by molar-refractivity contribution is -0.870. The van der Waals surface area contributed by atoms with Crippen LogP contribution in [0.15, 0.2) is 12.2 Å². The van der Waals surface area contributed by atoms with Gasteiger partial charge in [0.15, 0.2) is 6.10 Å². The van der Waals surface area contributed by atoms with E-state index in [2.05, 4.69) is 26.0 Å². The van der Waals surface area contributed by atoms with Gasteiger partial charge >= 0.3 is 11.9 Å². The summed E-state index contributed by atoms with van der Waals surface area (Å²) in [6.45, 7) is 4.21. The van der Waals surface area contributed by atoms with Crippen LogP contribution in [0.2, 0.25) is 0 Å². The third-order valence-electron chi connectivity index (χ3n) is 9.29. The van der Waals surface area contributed by atoms with Crippen LogP contribution in [-0.2, 0) is 32.7 Å². The minimum absolute atomic E-state index is 0.0295. The molecule has 1 unspecified atom stereocenters. The molecule has 10 heteroatoms. The largest absolute Gasteiger partial charge is 0.756 e. The molecular weight excluding hydrogens is 677 g/mol. The van der Waals surface area contributed by atoms with Crippen molar-refractivity contribution in [2.45, 2.75) is 200 Å². The van der Waals surface area contributed by atoms with Crippen molar-refractivity contribution in [1.82, 2.24) is 0 Å². The zero-order valence-electron chi connectivity index (χ0n) is 34.5. The highest BCUT2D eigenvalue weighted by molar-refractivity contribution is 7.45. The Bertz CT molecular complexity index is 907. The van der Waals surface area contributed by atoms with Crippen LogP contribution in [0.3, 0.4) is 0 Å². The highest BCUT2D eigenvalue weighted by Gasteiger charge is 2.21. The van der Waals surface area contributed by atoms with Crippen LogP contribution >= 0.6 is 7.82 Å². The Kier molecular flexibility index (Phi) is 34.6. The summed E-state index contributed by atoms with van der Waals surface area (Å²) in [6, 6.07) is 0. The summed E-state index contributed by atoms with van der Waals surface area (Å²) in [7, 11) is 1.17. The Morgan fingerprint density at radius 3 is 1.44 bits per heavy atom. The van der Waals surface area contributed by atoms with Gasteiger partial charge in [0.05, 0.1) is 27.7 Å². The zero-order chi connectivity index (χ0) is 38.6. The molecule has 0 aromatic rings.